The van der Waals surface area contributed by atoms with Crippen molar-refractivity contribution in [3.8, 4) is 11.5 Å². The molecule has 0 spiro atoms. The zero-order valence-corrected chi connectivity index (χ0v) is 10.7. The van der Waals surface area contributed by atoms with Crippen LogP contribution in [0.4, 0.5) is 0 Å². The lowest BCUT2D eigenvalue weighted by Gasteiger charge is -2.16. The van der Waals surface area contributed by atoms with E-state index in [9.17, 15) is 4.79 Å². The van der Waals surface area contributed by atoms with Crippen LogP contribution in [0.1, 0.15) is 20.8 Å². The predicted molar refractivity (Wildman–Crippen MR) is 66.4 cm³/mol. The summed E-state index contributed by atoms with van der Waals surface area (Å²) >= 11 is 0. The fourth-order valence-corrected chi connectivity index (χ4v) is 1.31. The summed E-state index contributed by atoms with van der Waals surface area (Å²) in [6.07, 6.45) is -0.509. The smallest absolute Gasteiger partial charge is 0.260 e. The van der Waals surface area contributed by atoms with Crippen LogP contribution in [0, 0.1) is 0 Å². The molecule has 1 rings (SSSR count). The van der Waals surface area contributed by atoms with Gasteiger partial charge < -0.3 is 14.8 Å². The van der Waals surface area contributed by atoms with Crippen LogP contribution in [0.2, 0.25) is 0 Å². The highest BCUT2D eigenvalue weighted by Gasteiger charge is 2.15. The van der Waals surface area contributed by atoms with Gasteiger partial charge in [0.25, 0.3) is 5.91 Å². The lowest BCUT2D eigenvalue weighted by Crippen LogP contribution is -2.39. The Kier molecular flexibility index (Phi) is 4.82. The number of hydrogen-bond acceptors (Lipinski definition) is 3. The molecular weight excluding hydrogens is 218 g/mol. The Balaban J connectivity index is 2.55. The van der Waals surface area contributed by atoms with Gasteiger partial charge in [0, 0.05) is 6.04 Å². The lowest BCUT2D eigenvalue weighted by molar-refractivity contribution is -0.127. The molecule has 0 aromatic heterocycles. The van der Waals surface area contributed by atoms with Gasteiger partial charge in [0.1, 0.15) is 11.5 Å². The summed E-state index contributed by atoms with van der Waals surface area (Å²) in [4.78, 5) is 11.6. The van der Waals surface area contributed by atoms with E-state index in [2.05, 4.69) is 5.32 Å². The van der Waals surface area contributed by atoms with Gasteiger partial charge in [-0.05, 0) is 45.0 Å². The molecule has 0 heterocycles. The normalized spacial score (nSPS) is 12.1. The Hall–Kier alpha value is -1.71. The number of carbonyl (C=O) groups is 1. The molecule has 0 saturated heterocycles. The number of nitrogens with one attached hydrogen (secondary N) is 1. The molecule has 0 aliphatic carbocycles. The van der Waals surface area contributed by atoms with Gasteiger partial charge in [0.05, 0.1) is 7.11 Å². The average molecular weight is 237 g/mol. The van der Waals surface area contributed by atoms with E-state index < -0.39 is 6.10 Å². The standard InChI is InChI=1S/C13H19NO3/c1-9(2)14-13(15)10(3)17-12-7-5-11(16-4)6-8-12/h5-10H,1-4H3,(H,14,15)/t10-/m0/s1. The molecule has 17 heavy (non-hydrogen) atoms. The number of benzene rings is 1. The maximum atomic E-state index is 11.6. The second-order valence-corrected chi connectivity index (χ2v) is 4.10. The topological polar surface area (TPSA) is 47.6 Å². The van der Waals surface area contributed by atoms with Crippen molar-refractivity contribution in [1.82, 2.24) is 5.32 Å². The van der Waals surface area contributed by atoms with E-state index in [0.717, 1.165) is 5.75 Å². The van der Waals surface area contributed by atoms with Crippen molar-refractivity contribution in [2.75, 3.05) is 7.11 Å². The fraction of sp³-hybridized carbons (Fsp3) is 0.462. The first-order chi connectivity index (χ1) is 8.02. The van der Waals surface area contributed by atoms with Crippen molar-refractivity contribution >= 4 is 5.91 Å². The van der Waals surface area contributed by atoms with Crippen molar-refractivity contribution < 1.29 is 14.3 Å². The van der Waals surface area contributed by atoms with Gasteiger partial charge >= 0.3 is 0 Å². The first-order valence-electron chi connectivity index (χ1n) is 5.64. The molecule has 1 aromatic rings. The maximum Gasteiger partial charge on any atom is 0.260 e. The molecule has 0 unspecified atom stereocenters. The minimum atomic E-state index is -0.509. The van der Waals surface area contributed by atoms with E-state index in [4.69, 9.17) is 9.47 Å². The van der Waals surface area contributed by atoms with E-state index >= 15 is 0 Å². The Bertz CT molecular complexity index is 359. The van der Waals surface area contributed by atoms with Crippen LogP contribution in [0.25, 0.3) is 0 Å². The third-order valence-electron chi connectivity index (χ3n) is 2.17. The number of rotatable bonds is 5. The van der Waals surface area contributed by atoms with Crippen molar-refractivity contribution in [2.45, 2.75) is 32.9 Å². The van der Waals surface area contributed by atoms with Crippen LogP contribution >= 0.6 is 0 Å². The molecule has 0 bridgehead atoms. The minimum absolute atomic E-state index is 0.115. The van der Waals surface area contributed by atoms with Crippen LogP contribution in [-0.4, -0.2) is 25.2 Å². The third kappa shape index (κ3) is 4.34. The molecule has 4 nitrogen and oxygen atoms in total. The molecule has 4 heteroatoms. The first kappa shape index (κ1) is 13.4. The number of ether oxygens (including phenoxy) is 2. The Morgan fingerprint density at radius 1 is 1.12 bits per heavy atom. The summed E-state index contributed by atoms with van der Waals surface area (Å²) in [5.41, 5.74) is 0. The second kappa shape index (κ2) is 6.13. The van der Waals surface area contributed by atoms with Gasteiger partial charge in [0.15, 0.2) is 6.10 Å². The van der Waals surface area contributed by atoms with E-state index in [1.807, 2.05) is 13.8 Å². The largest absolute Gasteiger partial charge is 0.497 e. The number of amides is 1. The molecule has 0 radical (unpaired) electrons. The molecule has 0 aliphatic rings. The highest BCUT2D eigenvalue weighted by Crippen LogP contribution is 2.18. The second-order valence-electron chi connectivity index (χ2n) is 4.10. The quantitative estimate of drug-likeness (QED) is 0.852. The van der Waals surface area contributed by atoms with Crippen LogP contribution in [0.15, 0.2) is 24.3 Å². The van der Waals surface area contributed by atoms with Crippen molar-refractivity contribution in [1.29, 1.82) is 0 Å². The van der Waals surface area contributed by atoms with E-state index in [-0.39, 0.29) is 11.9 Å². The molecule has 0 saturated carbocycles. The number of methoxy groups -OCH3 is 1. The van der Waals surface area contributed by atoms with E-state index in [0.29, 0.717) is 5.75 Å². The SMILES string of the molecule is COc1ccc(O[C@@H](C)C(=O)NC(C)C)cc1. The predicted octanol–water partition coefficient (Wildman–Crippen LogP) is 1.99. The molecular formula is C13H19NO3. The summed E-state index contributed by atoms with van der Waals surface area (Å²) in [6, 6.07) is 7.25. The van der Waals surface area contributed by atoms with Crippen molar-refractivity contribution in [3.05, 3.63) is 24.3 Å². The Morgan fingerprint density at radius 3 is 2.12 bits per heavy atom. The van der Waals surface area contributed by atoms with Gasteiger partial charge in [-0.1, -0.05) is 0 Å². The van der Waals surface area contributed by atoms with Gasteiger partial charge in [-0.15, -0.1) is 0 Å². The highest BCUT2D eigenvalue weighted by atomic mass is 16.5. The van der Waals surface area contributed by atoms with Gasteiger partial charge in [-0.25, -0.2) is 0 Å². The minimum Gasteiger partial charge on any atom is -0.497 e. The van der Waals surface area contributed by atoms with Crippen LogP contribution in [-0.2, 0) is 4.79 Å². The summed E-state index contributed by atoms with van der Waals surface area (Å²) in [7, 11) is 1.61. The molecule has 1 N–H and O–H groups in total. The van der Waals surface area contributed by atoms with Crippen molar-refractivity contribution in [2.24, 2.45) is 0 Å². The van der Waals surface area contributed by atoms with Crippen LogP contribution in [0.5, 0.6) is 11.5 Å². The summed E-state index contributed by atoms with van der Waals surface area (Å²) in [5, 5.41) is 2.80. The fourth-order valence-electron chi connectivity index (χ4n) is 1.31. The molecule has 1 aromatic carbocycles. The number of carbonyl (C=O) groups excluding carboxylic acids is 1. The molecule has 1 amide bonds. The third-order valence-corrected chi connectivity index (χ3v) is 2.17. The zero-order chi connectivity index (χ0) is 12.8. The van der Waals surface area contributed by atoms with Gasteiger partial charge in [0.2, 0.25) is 0 Å². The monoisotopic (exact) mass is 237 g/mol. The lowest BCUT2D eigenvalue weighted by atomic mass is 10.3. The number of hydrogen-bond donors (Lipinski definition) is 1. The average Bonchev–Trinajstić information content (AvgIpc) is 2.29. The molecule has 0 fully saturated rings. The maximum absolute atomic E-state index is 11.6. The zero-order valence-electron chi connectivity index (χ0n) is 10.7. The van der Waals surface area contributed by atoms with Crippen molar-refractivity contribution in [3.63, 3.8) is 0 Å². The Morgan fingerprint density at radius 2 is 1.65 bits per heavy atom. The molecule has 94 valence electrons. The molecule has 0 aliphatic heterocycles. The first-order valence-corrected chi connectivity index (χ1v) is 5.64. The summed E-state index contributed by atoms with van der Waals surface area (Å²) in [6.45, 7) is 5.55. The van der Waals surface area contributed by atoms with Gasteiger partial charge in [-0.2, -0.15) is 0 Å². The summed E-state index contributed by atoms with van der Waals surface area (Å²) in [5.74, 6) is 1.30. The molecule has 1 atom stereocenters. The summed E-state index contributed by atoms with van der Waals surface area (Å²) < 4.78 is 10.5. The highest BCUT2D eigenvalue weighted by molar-refractivity contribution is 5.80. The van der Waals surface area contributed by atoms with E-state index in [1.165, 1.54) is 0 Å². The van der Waals surface area contributed by atoms with Gasteiger partial charge in [-0.3, -0.25) is 4.79 Å². The van der Waals surface area contributed by atoms with E-state index in [1.54, 1.807) is 38.3 Å². The Labute approximate surface area is 102 Å². The van der Waals surface area contributed by atoms with Crippen LogP contribution in [0.3, 0.4) is 0 Å². The van der Waals surface area contributed by atoms with Crippen LogP contribution < -0.4 is 14.8 Å².